The van der Waals surface area contributed by atoms with Crippen molar-refractivity contribution < 1.29 is 20.5 Å². The van der Waals surface area contributed by atoms with Crippen LogP contribution >= 0.6 is 0 Å². The molecule has 1 rings (SSSR count). The molecule has 0 bridgehead atoms. The van der Waals surface area contributed by atoms with E-state index in [2.05, 4.69) is 4.74 Å². The molecule has 0 radical (unpaired) electrons. The highest BCUT2D eigenvalue weighted by molar-refractivity contribution is 6.32. The standard InChI is InChI=1S/C8H9BO2.2H2O/c1-11-8(10)6-3-2-4-7(9)5-6;;/h2-5H,9H2,1H3;2*1H2. The van der Waals surface area contributed by atoms with Gasteiger partial charge in [-0.3, -0.25) is 0 Å². The first-order chi connectivity index (χ1) is 5.24. The van der Waals surface area contributed by atoms with Crippen LogP contribution in [0.5, 0.6) is 0 Å². The number of carbonyl (C=O) groups excluding carboxylic acids is 1. The Hall–Kier alpha value is -1.33. The first-order valence-corrected chi connectivity index (χ1v) is 3.39. The Morgan fingerprint density at radius 2 is 2.00 bits per heavy atom. The van der Waals surface area contributed by atoms with Gasteiger partial charge in [-0.15, -0.1) is 0 Å². The predicted molar refractivity (Wildman–Crippen MR) is 53.2 cm³/mol. The molecule has 0 atom stereocenters. The van der Waals surface area contributed by atoms with Crippen LogP contribution < -0.4 is 5.46 Å². The van der Waals surface area contributed by atoms with Crippen LogP contribution in [0.25, 0.3) is 0 Å². The van der Waals surface area contributed by atoms with Crippen LogP contribution in [0.15, 0.2) is 24.3 Å². The van der Waals surface area contributed by atoms with Gasteiger partial charge in [0.2, 0.25) is 0 Å². The van der Waals surface area contributed by atoms with E-state index in [-0.39, 0.29) is 16.9 Å². The number of ether oxygens (including phenoxy) is 1. The van der Waals surface area contributed by atoms with Crippen LogP contribution in [0, 0.1) is 0 Å². The van der Waals surface area contributed by atoms with Crippen molar-refractivity contribution in [3.05, 3.63) is 29.8 Å². The molecule has 0 aliphatic rings. The highest BCUT2D eigenvalue weighted by atomic mass is 16.5. The van der Waals surface area contributed by atoms with Crippen molar-refractivity contribution in [1.29, 1.82) is 0 Å². The van der Waals surface area contributed by atoms with Crippen molar-refractivity contribution in [2.45, 2.75) is 0 Å². The summed E-state index contributed by atoms with van der Waals surface area (Å²) in [7, 11) is 3.32. The summed E-state index contributed by atoms with van der Waals surface area (Å²) in [5.74, 6) is -0.284. The summed E-state index contributed by atoms with van der Waals surface area (Å²) in [5.41, 5.74) is 1.67. The van der Waals surface area contributed by atoms with Gasteiger partial charge in [-0.25, -0.2) is 4.79 Å². The second kappa shape index (κ2) is 6.22. The summed E-state index contributed by atoms with van der Waals surface area (Å²) in [5, 5.41) is 0. The molecule has 0 heterocycles. The van der Waals surface area contributed by atoms with Crippen molar-refractivity contribution in [3.63, 3.8) is 0 Å². The molecular weight excluding hydrogens is 171 g/mol. The van der Waals surface area contributed by atoms with Crippen LogP contribution in [-0.4, -0.2) is 31.9 Å². The molecule has 0 amide bonds. The third-order valence-electron chi connectivity index (χ3n) is 1.44. The maximum Gasteiger partial charge on any atom is 0.337 e. The fourth-order valence-corrected chi connectivity index (χ4v) is 0.890. The molecule has 0 aromatic heterocycles. The zero-order chi connectivity index (χ0) is 8.27. The van der Waals surface area contributed by atoms with Crippen LogP contribution in [0.4, 0.5) is 0 Å². The first-order valence-electron chi connectivity index (χ1n) is 3.39. The van der Waals surface area contributed by atoms with Crippen molar-refractivity contribution in [3.8, 4) is 0 Å². The Morgan fingerprint density at radius 3 is 2.46 bits per heavy atom. The van der Waals surface area contributed by atoms with Crippen molar-refractivity contribution in [2.24, 2.45) is 0 Å². The summed E-state index contributed by atoms with van der Waals surface area (Å²) in [4.78, 5) is 10.9. The Labute approximate surface area is 77.5 Å². The van der Waals surface area contributed by atoms with Crippen molar-refractivity contribution >= 4 is 19.3 Å². The van der Waals surface area contributed by atoms with Crippen LogP contribution in [0.3, 0.4) is 0 Å². The minimum atomic E-state index is -0.284. The highest BCUT2D eigenvalue weighted by Gasteiger charge is 2.02. The minimum absolute atomic E-state index is 0. The average Bonchev–Trinajstić information content (AvgIpc) is 2.03. The lowest BCUT2D eigenvalue weighted by molar-refractivity contribution is 0.0601. The first kappa shape index (κ1) is 14.2. The van der Waals surface area contributed by atoms with Gasteiger partial charge in [-0.1, -0.05) is 23.7 Å². The van der Waals surface area contributed by atoms with Gasteiger partial charge in [0.15, 0.2) is 0 Å². The van der Waals surface area contributed by atoms with Gasteiger partial charge >= 0.3 is 5.97 Å². The van der Waals surface area contributed by atoms with Gasteiger partial charge < -0.3 is 15.7 Å². The Morgan fingerprint density at radius 1 is 1.38 bits per heavy atom. The molecular formula is C8H13BO4. The molecule has 0 aliphatic carbocycles. The summed E-state index contributed by atoms with van der Waals surface area (Å²) in [6.07, 6.45) is 0. The predicted octanol–water partition coefficient (Wildman–Crippen LogP) is -1.92. The summed E-state index contributed by atoms with van der Waals surface area (Å²) >= 11 is 0. The maximum atomic E-state index is 10.9. The molecule has 0 saturated heterocycles. The van der Waals surface area contributed by atoms with E-state index in [1.54, 1.807) is 12.1 Å². The molecule has 72 valence electrons. The van der Waals surface area contributed by atoms with E-state index in [0.717, 1.165) is 5.46 Å². The Balaban J connectivity index is 0. The average molecular weight is 184 g/mol. The molecule has 5 heteroatoms. The molecule has 4 nitrogen and oxygen atoms in total. The molecule has 0 unspecified atom stereocenters. The molecule has 0 spiro atoms. The van der Waals surface area contributed by atoms with Crippen LogP contribution in [0.1, 0.15) is 10.4 Å². The van der Waals surface area contributed by atoms with Crippen molar-refractivity contribution in [1.82, 2.24) is 0 Å². The summed E-state index contributed by atoms with van der Waals surface area (Å²) in [6.45, 7) is 0. The monoisotopic (exact) mass is 184 g/mol. The van der Waals surface area contributed by atoms with Gasteiger partial charge in [0.25, 0.3) is 0 Å². The number of carbonyl (C=O) groups is 1. The highest BCUT2D eigenvalue weighted by Crippen LogP contribution is 1.97. The number of rotatable bonds is 1. The van der Waals surface area contributed by atoms with E-state index in [1.165, 1.54) is 7.11 Å². The molecule has 13 heavy (non-hydrogen) atoms. The van der Waals surface area contributed by atoms with Gasteiger partial charge in [0.1, 0.15) is 7.85 Å². The fraction of sp³-hybridized carbons (Fsp3) is 0.125. The maximum absolute atomic E-state index is 10.9. The number of esters is 1. The lowest BCUT2D eigenvalue weighted by Gasteiger charge is -1.98. The summed E-state index contributed by atoms with van der Waals surface area (Å²) in [6, 6.07) is 7.30. The number of hydrogen-bond acceptors (Lipinski definition) is 2. The summed E-state index contributed by atoms with van der Waals surface area (Å²) < 4.78 is 4.55. The SMILES string of the molecule is Bc1cccc(C(=O)OC)c1.O.O. The second-order valence-electron chi connectivity index (χ2n) is 2.36. The van der Waals surface area contributed by atoms with E-state index in [1.807, 2.05) is 20.0 Å². The number of methoxy groups -OCH3 is 1. The van der Waals surface area contributed by atoms with Gasteiger partial charge in [-0.2, -0.15) is 0 Å². The Kier molecular flexibility index (Phi) is 6.80. The fourth-order valence-electron chi connectivity index (χ4n) is 0.890. The third-order valence-corrected chi connectivity index (χ3v) is 1.44. The molecule has 0 saturated carbocycles. The molecule has 0 fully saturated rings. The molecule has 4 N–H and O–H groups in total. The van der Waals surface area contributed by atoms with E-state index in [4.69, 9.17) is 0 Å². The Bertz CT molecular complexity index is 275. The van der Waals surface area contributed by atoms with E-state index in [0.29, 0.717) is 5.56 Å². The van der Waals surface area contributed by atoms with E-state index < -0.39 is 0 Å². The minimum Gasteiger partial charge on any atom is -0.465 e. The van der Waals surface area contributed by atoms with Gasteiger partial charge in [0.05, 0.1) is 12.7 Å². The quantitative estimate of drug-likeness (QED) is 0.376. The normalized spacial score (nSPS) is 7.77. The lowest BCUT2D eigenvalue weighted by atomic mass is 9.95. The van der Waals surface area contributed by atoms with Crippen LogP contribution in [0.2, 0.25) is 0 Å². The lowest BCUT2D eigenvalue weighted by Crippen LogP contribution is -2.07. The number of benzene rings is 1. The van der Waals surface area contributed by atoms with Crippen molar-refractivity contribution in [2.75, 3.05) is 7.11 Å². The number of hydrogen-bond donors (Lipinski definition) is 0. The molecule has 1 aromatic carbocycles. The topological polar surface area (TPSA) is 89.3 Å². The van der Waals surface area contributed by atoms with E-state index >= 15 is 0 Å². The van der Waals surface area contributed by atoms with Crippen LogP contribution in [-0.2, 0) is 4.74 Å². The zero-order valence-electron chi connectivity index (χ0n) is 7.63. The largest absolute Gasteiger partial charge is 0.465 e. The van der Waals surface area contributed by atoms with Gasteiger partial charge in [0, 0.05) is 0 Å². The third kappa shape index (κ3) is 3.73. The van der Waals surface area contributed by atoms with Gasteiger partial charge in [-0.05, 0) is 6.07 Å². The zero-order valence-corrected chi connectivity index (χ0v) is 7.63. The molecule has 0 aliphatic heterocycles. The second-order valence-corrected chi connectivity index (χ2v) is 2.36. The smallest absolute Gasteiger partial charge is 0.337 e. The van der Waals surface area contributed by atoms with E-state index in [9.17, 15) is 4.79 Å². The molecule has 1 aromatic rings.